The van der Waals surface area contributed by atoms with E-state index >= 15 is 0 Å². The van der Waals surface area contributed by atoms with Gasteiger partial charge < -0.3 is 10.1 Å². The van der Waals surface area contributed by atoms with Gasteiger partial charge in [0.1, 0.15) is 17.1 Å². The lowest BCUT2D eigenvalue weighted by atomic mass is 10.1. The second-order valence-electron chi connectivity index (χ2n) is 5.38. The lowest BCUT2D eigenvalue weighted by Crippen LogP contribution is -2.25. The molecule has 1 amide bonds. The number of fused-ring (bicyclic) bond motifs is 1. The SMILES string of the molecule is COc1ccc(CC(=O)Nc2c(C)nc3ccccn3c2=O)cc1. The smallest absolute Gasteiger partial charge is 0.281 e. The summed E-state index contributed by atoms with van der Waals surface area (Å²) in [7, 11) is 1.59. The number of rotatable bonds is 4. The average Bonchev–Trinajstić information content (AvgIpc) is 2.59. The van der Waals surface area contributed by atoms with Crippen LogP contribution < -0.4 is 15.6 Å². The predicted molar refractivity (Wildman–Crippen MR) is 91.5 cm³/mol. The molecule has 0 spiro atoms. The molecule has 3 rings (SSSR count). The van der Waals surface area contributed by atoms with Crippen LogP contribution in [-0.2, 0) is 11.2 Å². The molecule has 24 heavy (non-hydrogen) atoms. The van der Waals surface area contributed by atoms with E-state index in [9.17, 15) is 9.59 Å². The molecule has 6 nitrogen and oxygen atoms in total. The van der Waals surface area contributed by atoms with E-state index in [1.165, 1.54) is 4.40 Å². The Morgan fingerprint density at radius 3 is 2.67 bits per heavy atom. The van der Waals surface area contributed by atoms with E-state index in [-0.39, 0.29) is 23.6 Å². The van der Waals surface area contributed by atoms with E-state index in [2.05, 4.69) is 10.3 Å². The van der Waals surface area contributed by atoms with Crippen LogP contribution in [0.4, 0.5) is 5.69 Å². The highest BCUT2D eigenvalue weighted by Gasteiger charge is 2.13. The molecule has 6 heteroatoms. The van der Waals surface area contributed by atoms with Gasteiger partial charge in [-0.1, -0.05) is 18.2 Å². The Kier molecular flexibility index (Phi) is 4.29. The van der Waals surface area contributed by atoms with Crippen molar-refractivity contribution in [3.8, 4) is 5.75 Å². The molecule has 0 fully saturated rings. The van der Waals surface area contributed by atoms with Crippen LogP contribution in [0.1, 0.15) is 11.3 Å². The fraction of sp³-hybridized carbons (Fsp3) is 0.167. The number of carbonyl (C=O) groups is 1. The van der Waals surface area contributed by atoms with Crippen LogP contribution >= 0.6 is 0 Å². The Morgan fingerprint density at radius 2 is 1.96 bits per heavy atom. The summed E-state index contributed by atoms with van der Waals surface area (Å²) in [5, 5.41) is 2.68. The molecule has 0 bridgehead atoms. The van der Waals surface area contributed by atoms with Gasteiger partial charge in [0.2, 0.25) is 5.91 Å². The van der Waals surface area contributed by atoms with Crippen molar-refractivity contribution in [1.82, 2.24) is 9.38 Å². The summed E-state index contributed by atoms with van der Waals surface area (Å²) in [6.07, 6.45) is 1.80. The number of benzene rings is 1. The molecule has 0 aliphatic carbocycles. The number of hydrogen-bond acceptors (Lipinski definition) is 4. The number of aromatic nitrogens is 2. The predicted octanol–water partition coefficient (Wildman–Crippen LogP) is 2.19. The molecule has 0 saturated heterocycles. The zero-order valence-corrected chi connectivity index (χ0v) is 13.4. The Balaban J connectivity index is 1.83. The number of aryl methyl sites for hydroxylation is 1. The standard InChI is InChI=1S/C18H17N3O3/c1-12-17(18(23)21-10-4-3-5-15(21)19-12)20-16(22)11-13-6-8-14(24-2)9-7-13/h3-10H,11H2,1-2H3,(H,20,22). The van der Waals surface area contributed by atoms with E-state index in [1.54, 1.807) is 44.5 Å². The molecule has 0 radical (unpaired) electrons. The fourth-order valence-corrected chi connectivity index (χ4v) is 2.46. The van der Waals surface area contributed by atoms with Crippen LogP contribution in [-0.4, -0.2) is 22.4 Å². The molecule has 0 saturated carbocycles. The van der Waals surface area contributed by atoms with Crippen molar-refractivity contribution in [2.75, 3.05) is 12.4 Å². The second-order valence-corrected chi connectivity index (χ2v) is 5.38. The van der Waals surface area contributed by atoms with Gasteiger partial charge >= 0.3 is 0 Å². The Labute approximate surface area is 138 Å². The lowest BCUT2D eigenvalue weighted by Gasteiger charge is -2.09. The molecule has 1 N–H and O–H groups in total. The summed E-state index contributed by atoms with van der Waals surface area (Å²) in [5.74, 6) is 0.463. The quantitative estimate of drug-likeness (QED) is 0.799. The molecular weight excluding hydrogens is 306 g/mol. The molecule has 0 aliphatic heterocycles. The van der Waals surface area contributed by atoms with Crippen LogP contribution in [0.25, 0.3) is 5.65 Å². The molecule has 0 atom stereocenters. The first-order valence-electron chi connectivity index (χ1n) is 7.49. The van der Waals surface area contributed by atoms with E-state index in [0.29, 0.717) is 11.3 Å². The normalized spacial score (nSPS) is 10.6. The molecule has 3 aromatic rings. The van der Waals surface area contributed by atoms with Crippen molar-refractivity contribution in [2.24, 2.45) is 0 Å². The van der Waals surface area contributed by atoms with Crippen molar-refractivity contribution in [2.45, 2.75) is 13.3 Å². The molecule has 2 heterocycles. The van der Waals surface area contributed by atoms with Crippen molar-refractivity contribution in [3.05, 3.63) is 70.3 Å². The Morgan fingerprint density at radius 1 is 1.21 bits per heavy atom. The van der Waals surface area contributed by atoms with Gasteiger partial charge in [-0.2, -0.15) is 0 Å². The van der Waals surface area contributed by atoms with Gasteiger partial charge in [-0.3, -0.25) is 14.0 Å². The van der Waals surface area contributed by atoms with Gasteiger partial charge in [-0.05, 0) is 36.8 Å². The molecule has 0 aliphatic rings. The van der Waals surface area contributed by atoms with Crippen molar-refractivity contribution in [1.29, 1.82) is 0 Å². The number of anilines is 1. The van der Waals surface area contributed by atoms with E-state index in [0.717, 1.165) is 11.3 Å². The minimum absolute atomic E-state index is 0.167. The third-order valence-corrected chi connectivity index (χ3v) is 3.70. The second kappa shape index (κ2) is 6.54. The number of hydrogen-bond donors (Lipinski definition) is 1. The van der Waals surface area contributed by atoms with Crippen LogP contribution in [0.15, 0.2) is 53.5 Å². The minimum Gasteiger partial charge on any atom is -0.497 e. The third kappa shape index (κ3) is 3.12. The largest absolute Gasteiger partial charge is 0.497 e. The number of methoxy groups -OCH3 is 1. The highest BCUT2D eigenvalue weighted by molar-refractivity contribution is 5.92. The minimum atomic E-state index is -0.291. The topological polar surface area (TPSA) is 72.7 Å². The van der Waals surface area contributed by atoms with Crippen molar-refractivity contribution >= 4 is 17.2 Å². The van der Waals surface area contributed by atoms with Gasteiger partial charge in [-0.25, -0.2) is 4.98 Å². The first-order valence-corrected chi connectivity index (χ1v) is 7.49. The van der Waals surface area contributed by atoms with E-state index in [1.807, 2.05) is 18.2 Å². The summed E-state index contributed by atoms with van der Waals surface area (Å²) >= 11 is 0. The summed E-state index contributed by atoms with van der Waals surface area (Å²) < 4.78 is 6.50. The number of pyridine rings is 1. The maximum Gasteiger partial charge on any atom is 0.281 e. The molecule has 0 unspecified atom stereocenters. The van der Waals surface area contributed by atoms with Crippen molar-refractivity contribution < 1.29 is 9.53 Å². The van der Waals surface area contributed by atoms with Gasteiger partial charge in [-0.15, -0.1) is 0 Å². The van der Waals surface area contributed by atoms with E-state index < -0.39 is 0 Å². The van der Waals surface area contributed by atoms with Crippen LogP contribution in [0, 0.1) is 6.92 Å². The third-order valence-electron chi connectivity index (χ3n) is 3.70. The first kappa shape index (κ1) is 15.7. The van der Waals surface area contributed by atoms with E-state index in [4.69, 9.17) is 4.74 Å². The average molecular weight is 323 g/mol. The van der Waals surface area contributed by atoms with Gasteiger partial charge in [0, 0.05) is 6.20 Å². The molecule has 122 valence electrons. The summed E-state index contributed by atoms with van der Waals surface area (Å²) in [6.45, 7) is 1.71. The van der Waals surface area contributed by atoms with Gasteiger partial charge in [0.05, 0.1) is 19.2 Å². The number of ether oxygens (including phenoxy) is 1. The first-order chi connectivity index (χ1) is 11.6. The highest BCUT2D eigenvalue weighted by Crippen LogP contribution is 2.13. The zero-order chi connectivity index (χ0) is 17.1. The van der Waals surface area contributed by atoms with Crippen LogP contribution in [0.3, 0.4) is 0 Å². The maximum atomic E-state index is 12.5. The lowest BCUT2D eigenvalue weighted by molar-refractivity contribution is -0.115. The highest BCUT2D eigenvalue weighted by atomic mass is 16.5. The van der Waals surface area contributed by atoms with Crippen molar-refractivity contribution in [3.63, 3.8) is 0 Å². The number of nitrogens with zero attached hydrogens (tertiary/aromatic N) is 2. The number of nitrogens with one attached hydrogen (secondary N) is 1. The number of carbonyl (C=O) groups excluding carboxylic acids is 1. The van der Waals surface area contributed by atoms with Gasteiger partial charge in [0.25, 0.3) is 5.56 Å². The van der Waals surface area contributed by atoms with Gasteiger partial charge in [0.15, 0.2) is 0 Å². The summed E-state index contributed by atoms with van der Waals surface area (Å²) in [6, 6.07) is 12.5. The molecule has 1 aromatic carbocycles. The van der Waals surface area contributed by atoms with Crippen LogP contribution in [0.2, 0.25) is 0 Å². The molecule has 2 aromatic heterocycles. The summed E-state index contributed by atoms with van der Waals surface area (Å²) in [4.78, 5) is 29.1. The fourth-order valence-electron chi connectivity index (χ4n) is 2.46. The molecular formula is C18H17N3O3. The Hall–Kier alpha value is -3.15. The summed E-state index contributed by atoms with van der Waals surface area (Å²) in [5.41, 5.74) is 1.79. The Bertz CT molecular complexity index is 946. The number of amides is 1. The van der Waals surface area contributed by atoms with Crippen LogP contribution in [0.5, 0.6) is 5.75 Å². The monoisotopic (exact) mass is 323 g/mol. The zero-order valence-electron chi connectivity index (χ0n) is 13.4. The maximum absolute atomic E-state index is 12.5.